The molecular formula is C19H27N3O6S2. The molecule has 0 aromatic rings. The van der Waals surface area contributed by atoms with E-state index in [0.29, 0.717) is 42.5 Å². The molecule has 3 saturated heterocycles. The van der Waals surface area contributed by atoms with Crippen molar-refractivity contribution in [2.24, 2.45) is 11.8 Å². The van der Waals surface area contributed by atoms with Gasteiger partial charge < -0.3 is 25.3 Å². The zero-order chi connectivity index (χ0) is 21.7. The molecule has 0 aromatic carbocycles. The molecule has 0 radical (unpaired) electrons. The summed E-state index contributed by atoms with van der Waals surface area (Å²) in [6.07, 6.45) is -0.250. The van der Waals surface area contributed by atoms with E-state index in [1.807, 2.05) is 6.92 Å². The largest absolute Gasteiger partial charge is 0.477 e. The molecule has 2 amide bonds. The third-order valence-corrected chi connectivity index (χ3v) is 9.27. The normalized spacial score (nSPS) is 35.4. The Labute approximate surface area is 181 Å². The van der Waals surface area contributed by atoms with Gasteiger partial charge in [-0.3, -0.25) is 13.8 Å². The topological polar surface area (TPSA) is 127 Å². The van der Waals surface area contributed by atoms with Crippen LogP contribution in [-0.2, 0) is 25.2 Å². The number of nitrogens with one attached hydrogen (secondary N) is 1. The van der Waals surface area contributed by atoms with Gasteiger partial charge in [0.2, 0.25) is 11.8 Å². The predicted molar refractivity (Wildman–Crippen MR) is 112 cm³/mol. The van der Waals surface area contributed by atoms with Crippen molar-refractivity contribution in [3.05, 3.63) is 10.6 Å². The number of aliphatic hydroxyl groups is 1. The molecule has 4 aliphatic heterocycles. The summed E-state index contributed by atoms with van der Waals surface area (Å²) >= 11 is 1.43. The zero-order valence-corrected chi connectivity index (χ0v) is 18.6. The van der Waals surface area contributed by atoms with Crippen LogP contribution in [0.4, 0.5) is 0 Å². The van der Waals surface area contributed by atoms with E-state index in [2.05, 4.69) is 5.32 Å². The Hall–Kier alpha value is -1.43. The van der Waals surface area contributed by atoms with Crippen molar-refractivity contribution in [3.63, 3.8) is 0 Å². The van der Waals surface area contributed by atoms with E-state index in [0.717, 1.165) is 0 Å². The highest BCUT2D eigenvalue weighted by Gasteiger charge is 2.60. The van der Waals surface area contributed by atoms with Crippen LogP contribution in [0.2, 0.25) is 0 Å². The third kappa shape index (κ3) is 3.59. The van der Waals surface area contributed by atoms with Gasteiger partial charge in [0, 0.05) is 58.0 Å². The highest BCUT2D eigenvalue weighted by molar-refractivity contribution is 8.03. The summed E-state index contributed by atoms with van der Waals surface area (Å²) in [5.41, 5.74) is 0.0210. The maximum atomic E-state index is 12.8. The average molecular weight is 458 g/mol. The van der Waals surface area contributed by atoms with E-state index in [1.54, 1.807) is 11.8 Å². The summed E-state index contributed by atoms with van der Waals surface area (Å²) in [6, 6.07) is -0.657. The first-order valence-electron chi connectivity index (χ1n) is 10.2. The number of carboxylic acid groups (broad SMARTS) is 1. The van der Waals surface area contributed by atoms with E-state index in [-0.39, 0.29) is 40.8 Å². The van der Waals surface area contributed by atoms with Gasteiger partial charge in [-0.1, -0.05) is 6.92 Å². The molecule has 0 unspecified atom stereocenters. The molecule has 4 rings (SSSR count). The number of β-lactam (4-membered cyclic amide) rings is 1. The monoisotopic (exact) mass is 457 g/mol. The van der Waals surface area contributed by atoms with E-state index in [4.69, 9.17) is 0 Å². The van der Waals surface area contributed by atoms with Crippen LogP contribution in [0.1, 0.15) is 20.3 Å². The molecule has 6 atom stereocenters. The van der Waals surface area contributed by atoms with Crippen LogP contribution in [0.3, 0.4) is 0 Å². The lowest BCUT2D eigenvalue weighted by Crippen LogP contribution is -2.63. The lowest BCUT2D eigenvalue weighted by molar-refractivity contribution is -0.163. The molecule has 166 valence electrons. The summed E-state index contributed by atoms with van der Waals surface area (Å²) in [4.78, 5) is 40.9. The third-order valence-electron chi connectivity index (χ3n) is 6.48. The van der Waals surface area contributed by atoms with Crippen LogP contribution in [0.5, 0.6) is 0 Å². The van der Waals surface area contributed by atoms with Crippen LogP contribution in [0.15, 0.2) is 10.6 Å². The molecule has 0 aromatic heterocycles. The number of carboxylic acids is 1. The van der Waals surface area contributed by atoms with Gasteiger partial charge in [0.15, 0.2) is 0 Å². The van der Waals surface area contributed by atoms with Gasteiger partial charge in [-0.05, 0) is 13.3 Å². The van der Waals surface area contributed by atoms with Crippen LogP contribution < -0.4 is 5.32 Å². The van der Waals surface area contributed by atoms with Gasteiger partial charge in [0.1, 0.15) is 5.70 Å². The smallest absolute Gasteiger partial charge is 0.353 e. The molecule has 0 spiro atoms. The first kappa shape index (κ1) is 21.8. The average Bonchev–Trinajstić information content (AvgIpc) is 3.24. The number of carbonyl (C=O) groups excluding carboxylic acids is 2. The molecule has 4 heterocycles. The highest BCUT2D eigenvalue weighted by Crippen LogP contribution is 2.51. The van der Waals surface area contributed by atoms with Crippen molar-refractivity contribution >= 4 is 40.3 Å². The minimum absolute atomic E-state index is 0.00914. The predicted octanol–water partition coefficient (Wildman–Crippen LogP) is -0.805. The Balaban J connectivity index is 1.44. The van der Waals surface area contributed by atoms with Gasteiger partial charge in [-0.25, -0.2) is 4.79 Å². The molecule has 11 heteroatoms. The number of rotatable bonds is 5. The van der Waals surface area contributed by atoms with Crippen molar-refractivity contribution in [1.29, 1.82) is 0 Å². The van der Waals surface area contributed by atoms with Crippen LogP contribution in [0, 0.1) is 11.8 Å². The molecule has 0 bridgehead atoms. The fourth-order valence-corrected chi connectivity index (χ4v) is 7.45. The molecule has 4 aliphatic rings. The van der Waals surface area contributed by atoms with E-state index in [1.165, 1.54) is 16.7 Å². The minimum Gasteiger partial charge on any atom is -0.477 e. The first-order valence-corrected chi connectivity index (χ1v) is 12.6. The number of carbonyl (C=O) groups is 3. The lowest BCUT2D eigenvalue weighted by Gasteiger charge is -2.46. The Morgan fingerprint density at radius 2 is 1.97 bits per heavy atom. The SMILES string of the molecule is C[C@@H]1C(S[C@@H]2CN[C@H](C(=O)N3CCS(=O)CC3)C2)=C(C(=O)O)N2C(=O)[C@H]([C@@H](C)O)[C@@H]12. The quantitative estimate of drug-likeness (QED) is 0.458. The highest BCUT2D eigenvalue weighted by atomic mass is 32.2. The summed E-state index contributed by atoms with van der Waals surface area (Å²) in [7, 11) is -0.842. The number of fused-ring (bicyclic) bond motifs is 1. The summed E-state index contributed by atoms with van der Waals surface area (Å²) in [6.45, 7) is 5.04. The molecular weight excluding hydrogens is 430 g/mol. The van der Waals surface area contributed by atoms with Gasteiger partial charge in [0.05, 0.1) is 24.1 Å². The second-order valence-corrected chi connectivity index (χ2v) is 11.4. The Morgan fingerprint density at radius 3 is 2.57 bits per heavy atom. The van der Waals surface area contributed by atoms with E-state index < -0.39 is 28.8 Å². The van der Waals surface area contributed by atoms with Crippen molar-refractivity contribution in [3.8, 4) is 0 Å². The van der Waals surface area contributed by atoms with Gasteiger partial charge in [-0.15, -0.1) is 11.8 Å². The summed E-state index contributed by atoms with van der Waals surface area (Å²) in [5.74, 6) is -1.19. The number of hydrogen-bond acceptors (Lipinski definition) is 7. The second-order valence-electron chi connectivity index (χ2n) is 8.38. The fourth-order valence-electron chi connectivity index (χ4n) is 4.92. The van der Waals surface area contributed by atoms with Crippen molar-refractivity contribution in [1.82, 2.24) is 15.1 Å². The minimum atomic E-state index is -1.14. The molecule has 9 nitrogen and oxygen atoms in total. The van der Waals surface area contributed by atoms with Crippen molar-refractivity contribution in [2.75, 3.05) is 31.1 Å². The van der Waals surface area contributed by atoms with Crippen LogP contribution in [-0.4, -0.2) is 96.6 Å². The van der Waals surface area contributed by atoms with Crippen molar-refractivity contribution < 1.29 is 28.8 Å². The number of aliphatic hydroxyl groups excluding tert-OH is 1. The summed E-state index contributed by atoms with van der Waals surface area (Å²) in [5, 5.41) is 23.0. The second kappa shape index (κ2) is 8.25. The molecule has 30 heavy (non-hydrogen) atoms. The van der Waals surface area contributed by atoms with Crippen molar-refractivity contribution in [2.45, 2.75) is 43.7 Å². The Kier molecular flexibility index (Phi) is 5.99. The number of hydrogen-bond donors (Lipinski definition) is 3. The van der Waals surface area contributed by atoms with E-state index in [9.17, 15) is 28.8 Å². The summed E-state index contributed by atoms with van der Waals surface area (Å²) < 4.78 is 11.5. The Bertz CT molecular complexity index is 821. The number of amides is 2. The lowest BCUT2D eigenvalue weighted by atomic mass is 9.79. The first-order chi connectivity index (χ1) is 14.2. The molecule has 0 saturated carbocycles. The maximum Gasteiger partial charge on any atom is 0.353 e. The van der Waals surface area contributed by atoms with Gasteiger partial charge >= 0.3 is 5.97 Å². The molecule has 3 fully saturated rings. The standard InChI is InChI=1S/C19H27N3O6S2/c1-9-14-13(10(2)23)18(25)22(14)15(19(26)27)16(9)29-11-7-12(20-8-11)17(24)21-3-5-30(28)6-4-21/h9-14,20,23H,3-8H2,1-2H3,(H,26,27)/t9-,10+,11-,12-,13+,14+/m0/s1. The van der Waals surface area contributed by atoms with Gasteiger partial charge in [0.25, 0.3) is 0 Å². The van der Waals surface area contributed by atoms with E-state index >= 15 is 0 Å². The Morgan fingerprint density at radius 1 is 1.30 bits per heavy atom. The van der Waals surface area contributed by atoms with Gasteiger partial charge in [-0.2, -0.15) is 0 Å². The number of thioether (sulfide) groups is 1. The van der Waals surface area contributed by atoms with Crippen LogP contribution in [0.25, 0.3) is 0 Å². The number of aliphatic carboxylic acids is 1. The fraction of sp³-hybridized carbons (Fsp3) is 0.737. The van der Waals surface area contributed by atoms with Crippen LogP contribution >= 0.6 is 11.8 Å². The molecule has 3 N–H and O–H groups in total. The molecule has 0 aliphatic carbocycles. The zero-order valence-electron chi connectivity index (χ0n) is 16.9. The number of nitrogens with zero attached hydrogens (tertiary/aromatic N) is 2. The maximum absolute atomic E-state index is 12.8.